The van der Waals surface area contributed by atoms with E-state index in [1.54, 1.807) is 6.92 Å². The summed E-state index contributed by atoms with van der Waals surface area (Å²) in [6.07, 6.45) is -3.27. The zero-order valence-electron chi connectivity index (χ0n) is 20.3. The minimum absolute atomic E-state index is 0.0241. The van der Waals surface area contributed by atoms with Gasteiger partial charge in [-0.2, -0.15) is 0 Å². The minimum Gasteiger partial charge on any atom is -0.478 e. The molecule has 37 heavy (non-hydrogen) atoms. The molecule has 200 valence electrons. The highest BCUT2D eigenvalue weighted by molar-refractivity contribution is 7.91. The molecule has 0 spiro atoms. The number of nitrogens with one attached hydrogen (secondary N) is 1. The number of sulfone groups is 1. The summed E-state index contributed by atoms with van der Waals surface area (Å²) in [5.41, 5.74) is -4.15. The van der Waals surface area contributed by atoms with Crippen LogP contribution in [0.1, 0.15) is 49.5 Å². The fraction of sp³-hybridized carbons (Fsp3) is 0.458. The minimum atomic E-state index is -3.51. The van der Waals surface area contributed by atoms with E-state index < -0.39 is 80.6 Å². The molecule has 2 aliphatic rings. The van der Waals surface area contributed by atoms with Crippen molar-refractivity contribution in [3.8, 4) is 5.88 Å². The zero-order valence-corrected chi connectivity index (χ0v) is 21.1. The number of hydrogen-bond donors (Lipinski definition) is 1. The fourth-order valence-electron chi connectivity index (χ4n) is 4.57. The van der Waals surface area contributed by atoms with Gasteiger partial charge in [-0.1, -0.05) is 0 Å². The Labute approximate surface area is 210 Å². The van der Waals surface area contributed by atoms with E-state index in [9.17, 15) is 31.2 Å². The molecule has 1 fully saturated rings. The van der Waals surface area contributed by atoms with Gasteiger partial charge in [0.05, 0.1) is 46.7 Å². The molecule has 0 radical (unpaired) electrons. The van der Waals surface area contributed by atoms with Gasteiger partial charge in [-0.3, -0.25) is 14.5 Å². The van der Waals surface area contributed by atoms with E-state index in [1.165, 1.54) is 19.9 Å². The lowest BCUT2D eigenvalue weighted by Crippen LogP contribution is -2.58. The second-order valence-electron chi connectivity index (χ2n) is 9.58. The Morgan fingerprint density at radius 2 is 1.78 bits per heavy atom. The summed E-state index contributed by atoms with van der Waals surface area (Å²) >= 11 is 0. The second kappa shape index (κ2) is 9.26. The normalized spacial score (nSPS) is 19.6. The molecule has 1 N–H and O–H groups in total. The molecule has 4 rings (SSSR count). The summed E-state index contributed by atoms with van der Waals surface area (Å²) in [4.78, 5) is 31.1. The van der Waals surface area contributed by atoms with Gasteiger partial charge >= 0.3 is 0 Å². The van der Waals surface area contributed by atoms with Gasteiger partial charge in [-0.15, -0.1) is 0 Å². The van der Waals surface area contributed by atoms with Crippen molar-refractivity contribution >= 4 is 33.0 Å². The van der Waals surface area contributed by atoms with E-state index in [4.69, 9.17) is 4.74 Å². The number of carbonyl (C=O) groups is 2. The Hall–Kier alpha value is -3.22. The Balaban J connectivity index is 1.74. The van der Waals surface area contributed by atoms with E-state index in [1.807, 2.05) is 0 Å². The standard InChI is InChI=1S/C24H25F4N3O5S/c1-4-36-19-11-18(16(26)12-29-19)31-17-10-15(25)13(9-14(17)23(2,3)22(31)33)20(32)30-24(21(27)28)5-7-37(34,35)8-6-24/h9-12,21H,4-8H2,1-3H3,(H,30,32). The van der Waals surface area contributed by atoms with Crippen molar-refractivity contribution in [1.82, 2.24) is 10.3 Å². The smallest absolute Gasteiger partial charge is 0.261 e. The summed E-state index contributed by atoms with van der Waals surface area (Å²) in [7, 11) is -3.51. The Morgan fingerprint density at radius 3 is 2.38 bits per heavy atom. The number of halogens is 4. The monoisotopic (exact) mass is 543 g/mol. The van der Waals surface area contributed by atoms with Gasteiger partial charge in [0.1, 0.15) is 11.4 Å². The number of rotatable bonds is 6. The van der Waals surface area contributed by atoms with Crippen molar-refractivity contribution in [3.05, 3.63) is 47.2 Å². The van der Waals surface area contributed by atoms with Crippen LogP contribution >= 0.6 is 0 Å². The molecule has 0 aliphatic carbocycles. The Bertz CT molecular complexity index is 1370. The van der Waals surface area contributed by atoms with E-state index in [2.05, 4.69) is 10.3 Å². The molecule has 1 saturated heterocycles. The summed E-state index contributed by atoms with van der Waals surface area (Å²) in [5, 5.41) is 2.15. The predicted octanol–water partition coefficient (Wildman–Crippen LogP) is 3.66. The number of amides is 2. The number of alkyl halides is 2. The van der Waals surface area contributed by atoms with Crippen LogP contribution in [0.2, 0.25) is 0 Å². The maximum Gasteiger partial charge on any atom is 0.261 e. The largest absolute Gasteiger partial charge is 0.478 e. The van der Waals surface area contributed by atoms with Crippen molar-refractivity contribution in [3.63, 3.8) is 0 Å². The van der Waals surface area contributed by atoms with Gasteiger partial charge < -0.3 is 10.1 Å². The first-order valence-electron chi connectivity index (χ1n) is 11.5. The van der Waals surface area contributed by atoms with E-state index in [0.717, 1.165) is 23.2 Å². The summed E-state index contributed by atoms with van der Waals surface area (Å²) in [5.74, 6) is -4.82. The van der Waals surface area contributed by atoms with E-state index in [0.29, 0.717) is 0 Å². The number of benzene rings is 1. The molecule has 2 amide bonds. The fourth-order valence-corrected chi connectivity index (χ4v) is 6.12. The number of anilines is 2. The van der Waals surface area contributed by atoms with Crippen molar-refractivity contribution in [2.45, 2.75) is 51.0 Å². The van der Waals surface area contributed by atoms with Crippen LogP contribution in [-0.2, 0) is 20.0 Å². The van der Waals surface area contributed by atoms with Crippen LogP contribution in [0.4, 0.5) is 28.9 Å². The molecule has 2 aliphatic heterocycles. The molecule has 0 atom stereocenters. The number of fused-ring (bicyclic) bond motifs is 1. The maximum absolute atomic E-state index is 15.3. The molecule has 3 heterocycles. The molecule has 1 aromatic carbocycles. The highest BCUT2D eigenvalue weighted by atomic mass is 32.2. The Kier molecular flexibility index (Phi) is 6.72. The number of aromatic nitrogens is 1. The maximum atomic E-state index is 15.3. The van der Waals surface area contributed by atoms with Gasteiger partial charge in [0.25, 0.3) is 12.3 Å². The average Bonchev–Trinajstić information content (AvgIpc) is 3.00. The van der Waals surface area contributed by atoms with Crippen molar-refractivity contribution in [2.75, 3.05) is 23.0 Å². The third kappa shape index (κ3) is 4.64. The highest BCUT2D eigenvalue weighted by Gasteiger charge is 2.48. The number of carbonyl (C=O) groups excluding carboxylic acids is 2. The van der Waals surface area contributed by atoms with Gasteiger partial charge in [-0.05, 0) is 51.3 Å². The average molecular weight is 544 g/mol. The van der Waals surface area contributed by atoms with Crippen LogP contribution in [0.3, 0.4) is 0 Å². The first kappa shape index (κ1) is 26.8. The molecule has 13 heteroatoms. The van der Waals surface area contributed by atoms with Crippen LogP contribution in [0, 0.1) is 11.6 Å². The number of pyridine rings is 1. The van der Waals surface area contributed by atoms with Crippen LogP contribution in [0.5, 0.6) is 5.88 Å². The number of nitrogens with zero attached hydrogens (tertiary/aromatic N) is 2. The van der Waals surface area contributed by atoms with E-state index in [-0.39, 0.29) is 29.4 Å². The molecular formula is C24H25F4N3O5S. The van der Waals surface area contributed by atoms with Crippen molar-refractivity contribution in [1.29, 1.82) is 0 Å². The first-order chi connectivity index (χ1) is 17.2. The second-order valence-corrected chi connectivity index (χ2v) is 11.9. The van der Waals surface area contributed by atoms with Crippen LogP contribution in [0.15, 0.2) is 24.4 Å². The molecule has 1 aromatic heterocycles. The summed E-state index contributed by atoms with van der Waals surface area (Å²) < 4.78 is 86.7. The van der Waals surface area contributed by atoms with Crippen LogP contribution in [0.25, 0.3) is 0 Å². The quantitative estimate of drug-likeness (QED) is 0.558. The zero-order chi connectivity index (χ0) is 27.3. The van der Waals surface area contributed by atoms with Gasteiger partial charge in [0.2, 0.25) is 11.8 Å². The first-order valence-corrected chi connectivity index (χ1v) is 13.3. The molecule has 0 saturated carbocycles. The van der Waals surface area contributed by atoms with Crippen molar-refractivity contribution in [2.24, 2.45) is 0 Å². The molecule has 2 aromatic rings. The molecule has 8 nitrogen and oxygen atoms in total. The third-order valence-electron chi connectivity index (χ3n) is 6.82. The summed E-state index contributed by atoms with van der Waals surface area (Å²) in [6, 6.07) is 3.15. The molecular weight excluding hydrogens is 518 g/mol. The Morgan fingerprint density at radius 1 is 1.14 bits per heavy atom. The third-order valence-corrected chi connectivity index (χ3v) is 8.48. The lowest BCUT2D eigenvalue weighted by molar-refractivity contribution is -0.121. The number of hydrogen-bond acceptors (Lipinski definition) is 6. The highest BCUT2D eigenvalue weighted by Crippen LogP contribution is 2.47. The lowest BCUT2D eigenvalue weighted by Gasteiger charge is -2.37. The SMILES string of the molecule is CCOc1cc(N2C(=O)C(C)(C)c3cc(C(=O)NC4(C(F)F)CCS(=O)(=O)CC4)c(F)cc32)c(F)cn1. The number of ether oxygens (including phenoxy) is 1. The van der Waals surface area contributed by atoms with Gasteiger partial charge in [-0.25, -0.2) is 31.0 Å². The molecule has 0 bridgehead atoms. The predicted molar refractivity (Wildman–Crippen MR) is 126 cm³/mol. The van der Waals surface area contributed by atoms with Crippen molar-refractivity contribution < 1.29 is 40.3 Å². The lowest BCUT2D eigenvalue weighted by atomic mass is 9.85. The van der Waals surface area contributed by atoms with Crippen LogP contribution in [-0.4, -0.2) is 55.3 Å². The van der Waals surface area contributed by atoms with E-state index >= 15 is 4.39 Å². The molecule has 0 unspecified atom stereocenters. The summed E-state index contributed by atoms with van der Waals surface area (Å²) in [6.45, 7) is 4.93. The van der Waals surface area contributed by atoms with Gasteiger partial charge in [0, 0.05) is 6.07 Å². The van der Waals surface area contributed by atoms with Crippen LogP contribution < -0.4 is 15.0 Å². The topological polar surface area (TPSA) is 106 Å². The van der Waals surface area contributed by atoms with Gasteiger partial charge in [0.15, 0.2) is 15.7 Å².